The molecular formula is C12H14FN5O2S. The first-order valence-corrected chi connectivity index (χ1v) is 7.51. The highest BCUT2D eigenvalue weighted by Crippen LogP contribution is 2.19. The number of hydrogen-bond donors (Lipinski definition) is 2. The van der Waals surface area contributed by atoms with Crippen LogP contribution in [0.3, 0.4) is 0 Å². The van der Waals surface area contributed by atoms with E-state index in [0.29, 0.717) is 17.0 Å². The van der Waals surface area contributed by atoms with Crippen LogP contribution in [0.25, 0.3) is 0 Å². The lowest BCUT2D eigenvalue weighted by atomic mass is 10.2. The fraction of sp³-hybridized carbons (Fsp3) is 0.250. The van der Waals surface area contributed by atoms with Crippen molar-refractivity contribution in [3.63, 3.8) is 0 Å². The predicted molar refractivity (Wildman–Crippen MR) is 74.4 cm³/mol. The Morgan fingerprint density at radius 2 is 1.95 bits per heavy atom. The summed E-state index contributed by atoms with van der Waals surface area (Å²) in [6.45, 7) is 3.34. The Labute approximate surface area is 121 Å². The van der Waals surface area contributed by atoms with Crippen LogP contribution in [0.1, 0.15) is 17.0 Å². The standard InChI is InChI=1S/C12H14FN5O2S/c1-7-8(2)16-17-12(15-7)18-21(19,20)11-5-10(13)4-3-9(11)6-14/h3-5H,6,14H2,1-2H3,(H,15,17,18). The van der Waals surface area contributed by atoms with Crippen LogP contribution in [-0.2, 0) is 16.6 Å². The van der Waals surface area contributed by atoms with Crippen LogP contribution in [0.4, 0.5) is 10.3 Å². The Balaban J connectivity index is 2.42. The van der Waals surface area contributed by atoms with Crippen molar-refractivity contribution in [3.05, 3.63) is 41.0 Å². The molecule has 2 aromatic rings. The summed E-state index contributed by atoms with van der Waals surface area (Å²) < 4.78 is 40.0. The van der Waals surface area contributed by atoms with Gasteiger partial charge in [-0.2, -0.15) is 5.10 Å². The van der Waals surface area contributed by atoms with Crippen molar-refractivity contribution in [1.29, 1.82) is 0 Å². The van der Waals surface area contributed by atoms with E-state index in [2.05, 4.69) is 19.9 Å². The van der Waals surface area contributed by atoms with Gasteiger partial charge in [0.15, 0.2) is 0 Å². The minimum Gasteiger partial charge on any atom is -0.326 e. The normalized spacial score (nSPS) is 11.4. The third kappa shape index (κ3) is 3.31. The Morgan fingerprint density at radius 3 is 2.57 bits per heavy atom. The molecule has 9 heteroatoms. The summed E-state index contributed by atoms with van der Waals surface area (Å²) in [6, 6.07) is 3.37. The van der Waals surface area contributed by atoms with Gasteiger partial charge >= 0.3 is 0 Å². The first-order valence-electron chi connectivity index (χ1n) is 6.02. The average molecular weight is 311 g/mol. The quantitative estimate of drug-likeness (QED) is 0.867. The van der Waals surface area contributed by atoms with Gasteiger partial charge in [0.25, 0.3) is 16.0 Å². The zero-order valence-electron chi connectivity index (χ0n) is 11.5. The second-order valence-corrected chi connectivity index (χ2v) is 6.02. The maximum atomic E-state index is 13.3. The van der Waals surface area contributed by atoms with Crippen LogP contribution in [0, 0.1) is 19.7 Å². The van der Waals surface area contributed by atoms with Gasteiger partial charge in [-0.15, -0.1) is 5.10 Å². The third-order valence-electron chi connectivity index (χ3n) is 2.86. The van der Waals surface area contributed by atoms with Crippen molar-refractivity contribution in [2.24, 2.45) is 5.73 Å². The van der Waals surface area contributed by atoms with E-state index in [0.717, 1.165) is 12.1 Å². The van der Waals surface area contributed by atoms with Crippen molar-refractivity contribution in [1.82, 2.24) is 15.2 Å². The molecule has 0 radical (unpaired) electrons. The van der Waals surface area contributed by atoms with Crippen LogP contribution >= 0.6 is 0 Å². The zero-order valence-corrected chi connectivity index (χ0v) is 12.3. The number of aryl methyl sites for hydroxylation is 2. The summed E-state index contributed by atoms with van der Waals surface area (Å²) in [7, 11) is -4.04. The molecule has 7 nitrogen and oxygen atoms in total. The smallest absolute Gasteiger partial charge is 0.264 e. The van der Waals surface area contributed by atoms with Crippen LogP contribution in [0.2, 0.25) is 0 Å². The van der Waals surface area contributed by atoms with E-state index in [-0.39, 0.29) is 17.4 Å². The molecule has 3 N–H and O–H groups in total. The maximum absolute atomic E-state index is 13.3. The second kappa shape index (κ2) is 5.70. The highest BCUT2D eigenvalue weighted by Gasteiger charge is 2.20. The summed E-state index contributed by atoms with van der Waals surface area (Å²) in [4.78, 5) is 3.73. The summed E-state index contributed by atoms with van der Waals surface area (Å²) in [5, 5.41) is 7.43. The number of sulfonamides is 1. The molecule has 0 aliphatic rings. The van der Waals surface area contributed by atoms with Crippen molar-refractivity contribution in [2.75, 3.05) is 4.72 Å². The summed E-state index contributed by atoms with van der Waals surface area (Å²) in [5.41, 5.74) is 6.90. The Bertz CT molecular complexity index is 779. The zero-order chi connectivity index (χ0) is 15.6. The number of rotatable bonds is 4. The molecule has 1 heterocycles. The highest BCUT2D eigenvalue weighted by atomic mass is 32.2. The number of nitrogens with one attached hydrogen (secondary N) is 1. The molecular weight excluding hydrogens is 297 g/mol. The number of aromatic nitrogens is 3. The summed E-state index contributed by atoms with van der Waals surface area (Å²) in [5.74, 6) is -0.850. The van der Waals surface area contributed by atoms with Gasteiger partial charge in [-0.05, 0) is 31.5 Å². The Kier molecular flexibility index (Phi) is 4.14. The highest BCUT2D eigenvalue weighted by molar-refractivity contribution is 7.92. The molecule has 0 atom stereocenters. The predicted octanol–water partition coefficient (Wildman–Crippen LogP) is 0.887. The molecule has 0 fully saturated rings. The van der Waals surface area contributed by atoms with Crippen LogP contribution in [0.5, 0.6) is 0 Å². The lowest BCUT2D eigenvalue weighted by Crippen LogP contribution is -2.19. The average Bonchev–Trinajstić information content (AvgIpc) is 2.42. The third-order valence-corrected chi connectivity index (χ3v) is 4.27. The van der Waals surface area contributed by atoms with Crippen LogP contribution in [-0.4, -0.2) is 23.6 Å². The molecule has 1 aromatic carbocycles. The first kappa shape index (κ1) is 15.3. The van der Waals surface area contributed by atoms with Crippen LogP contribution in [0.15, 0.2) is 23.1 Å². The van der Waals surface area contributed by atoms with E-state index < -0.39 is 15.8 Å². The number of nitrogens with zero attached hydrogens (tertiary/aromatic N) is 3. The molecule has 0 saturated heterocycles. The minimum atomic E-state index is -4.04. The molecule has 0 saturated carbocycles. The van der Waals surface area contributed by atoms with Crippen molar-refractivity contribution >= 4 is 16.0 Å². The lowest BCUT2D eigenvalue weighted by molar-refractivity contribution is 0.592. The minimum absolute atomic E-state index is 0.0391. The van der Waals surface area contributed by atoms with E-state index in [1.807, 2.05) is 0 Å². The SMILES string of the molecule is Cc1nnc(NS(=O)(=O)c2cc(F)ccc2CN)nc1C. The van der Waals surface area contributed by atoms with E-state index in [9.17, 15) is 12.8 Å². The molecule has 0 unspecified atom stereocenters. The Hall–Kier alpha value is -2.13. The fourth-order valence-corrected chi connectivity index (χ4v) is 2.82. The van der Waals surface area contributed by atoms with Gasteiger partial charge in [0.1, 0.15) is 5.82 Å². The number of benzene rings is 1. The second-order valence-electron chi connectivity index (χ2n) is 4.37. The van der Waals surface area contributed by atoms with Crippen molar-refractivity contribution in [2.45, 2.75) is 25.3 Å². The molecule has 0 spiro atoms. The first-order chi connectivity index (χ1) is 9.83. The number of anilines is 1. The van der Waals surface area contributed by atoms with Gasteiger partial charge in [0.05, 0.1) is 16.3 Å². The van der Waals surface area contributed by atoms with E-state index >= 15 is 0 Å². The molecule has 0 aliphatic carbocycles. The Morgan fingerprint density at radius 1 is 1.24 bits per heavy atom. The molecule has 0 aliphatic heterocycles. The van der Waals surface area contributed by atoms with Crippen LogP contribution < -0.4 is 10.5 Å². The topological polar surface area (TPSA) is 111 Å². The van der Waals surface area contributed by atoms with Gasteiger partial charge < -0.3 is 5.73 Å². The van der Waals surface area contributed by atoms with Gasteiger partial charge in [-0.3, -0.25) is 0 Å². The summed E-state index contributed by atoms with van der Waals surface area (Å²) in [6.07, 6.45) is 0. The summed E-state index contributed by atoms with van der Waals surface area (Å²) >= 11 is 0. The van der Waals surface area contributed by atoms with Crippen molar-refractivity contribution < 1.29 is 12.8 Å². The number of nitrogens with two attached hydrogens (primary N) is 1. The van der Waals surface area contributed by atoms with Gasteiger partial charge in [0, 0.05) is 6.54 Å². The van der Waals surface area contributed by atoms with E-state index in [1.165, 1.54) is 6.07 Å². The lowest BCUT2D eigenvalue weighted by Gasteiger charge is -2.10. The van der Waals surface area contributed by atoms with E-state index in [1.54, 1.807) is 13.8 Å². The van der Waals surface area contributed by atoms with Crippen molar-refractivity contribution in [3.8, 4) is 0 Å². The molecule has 0 bridgehead atoms. The fourth-order valence-electron chi connectivity index (χ4n) is 1.62. The van der Waals surface area contributed by atoms with E-state index in [4.69, 9.17) is 5.73 Å². The van der Waals surface area contributed by atoms with Gasteiger partial charge in [-0.25, -0.2) is 22.5 Å². The maximum Gasteiger partial charge on any atom is 0.264 e. The molecule has 0 amide bonds. The monoisotopic (exact) mass is 311 g/mol. The van der Waals surface area contributed by atoms with Gasteiger partial charge in [0.2, 0.25) is 0 Å². The molecule has 112 valence electrons. The molecule has 1 aromatic heterocycles. The molecule has 2 rings (SSSR count). The number of hydrogen-bond acceptors (Lipinski definition) is 6. The van der Waals surface area contributed by atoms with Gasteiger partial charge in [-0.1, -0.05) is 6.07 Å². The molecule has 21 heavy (non-hydrogen) atoms. The largest absolute Gasteiger partial charge is 0.326 e. The number of halogens is 1.